The second-order valence-corrected chi connectivity index (χ2v) is 6.32. The predicted octanol–water partition coefficient (Wildman–Crippen LogP) is 4.18. The summed E-state index contributed by atoms with van der Waals surface area (Å²) in [6, 6.07) is 2.79. The van der Waals surface area contributed by atoms with E-state index in [-0.39, 0.29) is 58.6 Å². The van der Waals surface area contributed by atoms with Crippen molar-refractivity contribution < 1.29 is 18.3 Å². The first-order valence-corrected chi connectivity index (χ1v) is 9.34. The van der Waals surface area contributed by atoms with Gasteiger partial charge in [-0.3, -0.25) is 4.79 Å². The first-order chi connectivity index (χ1) is 12.9. The van der Waals surface area contributed by atoms with Crippen molar-refractivity contribution in [2.24, 2.45) is 4.99 Å². The number of hydrogen-bond acceptors (Lipinski definition) is 3. The fraction of sp³-hybridized carbons (Fsp3) is 0.529. The first-order valence-electron chi connectivity index (χ1n) is 8.58. The standard InChI is InChI=1S/C17H24Cl2F2N4O2.HI/c1-3-6-23-14(26)5-7-24-17(22-4-2)25-10-11-8-12(18)9-13(19)15(11)27-16(20)21;/h8-9,16H,3-7,10H2,1-2H3,(H,23,26)(H2,22,24,25);1H. The van der Waals surface area contributed by atoms with E-state index in [4.69, 9.17) is 23.2 Å². The second-order valence-electron chi connectivity index (χ2n) is 5.48. The van der Waals surface area contributed by atoms with Gasteiger partial charge in [0.05, 0.1) is 11.6 Å². The minimum atomic E-state index is -3.01. The lowest BCUT2D eigenvalue weighted by Gasteiger charge is -2.14. The van der Waals surface area contributed by atoms with Crippen LogP contribution in [0.2, 0.25) is 10.0 Å². The summed E-state index contributed by atoms with van der Waals surface area (Å²) >= 11 is 11.9. The van der Waals surface area contributed by atoms with Gasteiger partial charge in [0.15, 0.2) is 5.96 Å². The van der Waals surface area contributed by atoms with Crippen LogP contribution in [0.1, 0.15) is 32.3 Å². The van der Waals surface area contributed by atoms with Crippen LogP contribution in [0.3, 0.4) is 0 Å². The third-order valence-electron chi connectivity index (χ3n) is 3.26. The molecule has 0 aromatic heterocycles. The van der Waals surface area contributed by atoms with Crippen molar-refractivity contribution in [1.82, 2.24) is 16.0 Å². The molecule has 1 rings (SSSR count). The van der Waals surface area contributed by atoms with Crippen LogP contribution in [0.15, 0.2) is 17.1 Å². The van der Waals surface area contributed by atoms with Crippen molar-refractivity contribution in [3.8, 4) is 5.75 Å². The summed E-state index contributed by atoms with van der Waals surface area (Å²) in [4.78, 5) is 15.9. The van der Waals surface area contributed by atoms with Gasteiger partial charge in [-0.25, -0.2) is 4.99 Å². The van der Waals surface area contributed by atoms with Crippen LogP contribution in [0.5, 0.6) is 5.75 Å². The van der Waals surface area contributed by atoms with Gasteiger partial charge in [-0.05, 0) is 25.5 Å². The molecule has 0 bridgehead atoms. The van der Waals surface area contributed by atoms with Crippen LogP contribution in [-0.4, -0.2) is 38.1 Å². The number of amides is 1. The highest BCUT2D eigenvalue weighted by molar-refractivity contribution is 14.0. The monoisotopic (exact) mass is 552 g/mol. The lowest BCUT2D eigenvalue weighted by Crippen LogP contribution is -2.39. The zero-order valence-corrected chi connectivity index (χ0v) is 19.5. The summed E-state index contributed by atoms with van der Waals surface area (Å²) in [5.41, 5.74) is 0.325. The van der Waals surface area contributed by atoms with Crippen molar-refractivity contribution >= 4 is 59.0 Å². The molecule has 0 fully saturated rings. The minimum Gasteiger partial charge on any atom is -0.433 e. The topological polar surface area (TPSA) is 74.8 Å². The molecule has 0 atom stereocenters. The number of hydrogen-bond donors (Lipinski definition) is 3. The number of nitrogens with zero attached hydrogens (tertiary/aromatic N) is 1. The van der Waals surface area contributed by atoms with Gasteiger partial charge in [0.1, 0.15) is 5.75 Å². The Morgan fingerprint density at radius 1 is 1.18 bits per heavy atom. The van der Waals surface area contributed by atoms with Crippen molar-refractivity contribution in [2.45, 2.75) is 39.8 Å². The van der Waals surface area contributed by atoms with Crippen molar-refractivity contribution in [2.75, 3.05) is 19.6 Å². The van der Waals surface area contributed by atoms with Crippen molar-refractivity contribution in [3.63, 3.8) is 0 Å². The summed E-state index contributed by atoms with van der Waals surface area (Å²) in [7, 11) is 0. The predicted molar refractivity (Wildman–Crippen MR) is 119 cm³/mol. The number of halogens is 5. The molecule has 0 heterocycles. The molecule has 11 heteroatoms. The van der Waals surface area contributed by atoms with E-state index in [1.165, 1.54) is 12.1 Å². The average molecular weight is 553 g/mol. The van der Waals surface area contributed by atoms with Gasteiger partial charge in [0.25, 0.3) is 0 Å². The van der Waals surface area contributed by atoms with E-state index in [1.807, 2.05) is 13.8 Å². The fourth-order valence-corrected chi connectivity index (χ4v) is 2.69. The molecule has 1 amide bonds. The van der Waals surface area contributed by atoms with E-state index in [9.17, 15) is 13.6 Å². The number of benzene rings is 1. The van der Waals surface area contributed by atoms with Gasteiger partial charge in [0, 0.05) is 36.6 Å². The van der Waals surface area contributed by atoms with E-state index in [0.29, 0.717) is 31.2 Å². The number of ether oxygens (including phenoxy) is 1. The Hall–Kier alpha value is -1.07. The number of nitrogens with one attached hydrogen (secondary N) is 3. The van der Waals surface area contributed by atoms with Crippen LogP contribution in [0.4, 0.5) is 8.78 Å². The SMILES string of the molecule is CCCNC(=O)CCNC(=NCc1cc(Cl)cc(Cl)c1OC(F)F)NCC.I. The Bertz CT molecular complexity index is 652. The molecule has 0 radical (unpaired) electrons. The Kier molecular flexibility index (Phi) is 14.3. The molecule has 0 saturated heterocycles. The number of carbonyl (C=O) groups excluding carboxylic acids is 1. The molecular weight excluding hydrogens is 528 g/mol. The normalized spacial score (nSPS) is 11.0. The van der Waals surface area contributed by atoms with Crippen LogP contribution >= 0.6 is 47.2 Å². The highest BCUT2D eigenvalue weighted by Crippen LogP contribution is 2.34. The highest BCUT2D eigenvalue weighted by Gasteiger charge is 2.15. The van der Waals surface area contributed by atoms with Gasteiger partial charge < -0.3 is 20.7 Å². The molecule has 0 aliphatic heterocycles. The van der Waals surface area contributed by atoms with E-state index < -0.39 is 6.61 Å². The molecule has 6 nitrogen and oxygen atoms in total. The molecule has 160 valence electrons. The van der Waals surface area contributed by atoms with Gasteiger partial charge in [0.2, 0.25) is 5.91 Å². The fourth-order valence-electron chi connectivity index (χ4n) is 2.11. The molecule has 1 aromatic rings. The van der Waals surface area contributed by atoms with Crippen LogP contribution < -0.4 is 20.7 Å². The molecular formula is C17H25Cl2F2IN4O2. The molecule has 0 aliphatic rings. The van der Waals surface area contributed by atoms with Crippen LogP contribution in [0, 0.1) is 0 Å². The molecule has 3 N–H and O–H groups in total. The highest BCUT2D eigenvalue weighted by atomic mass is 127. The molecule has 0 spiro atoms. The second kappa shape index (κ2) is 14.9. The lowest BCUT2D eigenvalue weighted by atomic mass is 10.2. The number of alkyl halides is 2. The van der Waals surface area contributed by atoms with E-state index in [1.54, 1.807) is 0 Å². The Labute approximate surface area is 190 Å². The van der Waals surface area contributed by atoms with Crippen molar-refractivity contribution in [1.29, 1.82) is 0 Å². The van der Waals surface area contributed by atoms with E-state index >= 15 is 0 Å². The molecule has 0 unspecified atom stereocenters. The van der Waals surface area contributed by atoms with Gasteiger partial charge in [-0.15, -0.1) is 24.0 Å². The Morgan fingerprint density at radius 3 is 2.50 bits per heavy atom. The van der Waals surface area contributed by atoms with Crippen LogP contribution in [-0.2, 0) is 11.3 Å². The van der Waals surface area contributed by atoms with Gasteiger partial charge in [-0.1, -0.05) is 30.1 Å². The third kappa shape index (κ3) is 10.5. The first kappa shape index (κ1) is 26.9. The van der Waals surface area contributed by atoms with E-state index in [2.05, 4.69) is 25.7 Å². The average Bonchev–Trinajstić information content (AvgIpc) is 2.60. The van der Waals surface area contributed by atoms with Gasteiger partial charge in [-0.2, -0.15) is 8.78 Å². The summed E-state index contributed by atoms with van der Waals surface area (Å²) < 4.78 is 29.7. The zero-order valence-electron chi connectivity index (χ0n) is 15.7. The number of aliphatic imine (C=N–C) groups is 1. The molecule has 1 aromatic carbocycles. The third-order valence-corrected chi connectivity index (χ3v) is 3.76. The maximum absolute atomic E-state index is 12.6. The zero-order chi connectivity index (χ0) is 20.2. The minimum absolute atomic E-state index is 0. The molecule has 0 saturated carbocycles. The smallest absolute Gasteiger partial charge is 0.387 e. The number of rotatable bonds is 10. The van der Waals surface area contributed by atoms with Gasteiger partial charge >= 0.3 is 6.61 Å². The van der Waals surface area contributed by atoms with E-state index in [0.717, 1.165) is 6.42 Å². The Morgan fingerprint density at radius 2 is 1.89 bits per heavy atom. The van der Waals surface area contributed by atoms with Crippen LogP contribution in [0.25, 0.3) is 0 Å². The lowest BCUT2D eigenvalue weighted by molar-refractivity contribution is -0.120. The quantitative estimate of drug-likeness (QED) is 0.231. The summed E-state index contributed by atoms with van der Waals surface area (Å²) in [6.45, 7) is 2.45. The summed E-state index contributed by atoms with van der Waals surface area (Å²) in [5, 5.41) is 9.07. The van der Waals surface area contributed by atoms with Crippen molar-refractivity contribution in [3.05, 3.63) is 27.7 Å². The Balaban J connectivity index is 0.00000729. The summed E-state index contributed by atoms with van der Waals surface area (Å²) in [5.74, 6) is 0.212. The maximum Gasteiger partial charge on any atom is 0.387 e. The largest absolute Gasteiger partial charge is 0.433 e. The summed E-state index contributed by atoms with van der Waals surface area (Å²) in [6.07, 6.45) is 1.15. The number of carbonyl (C=O) groups is 1. The molecule has 0 aliphatic carbocycles. The number of guanidine groups is 1. The molecule has 28 heavy (non-hydrogen) atoms. The maximum atomic E-state index is 12.6.